The summed E-state index contributed by atoms with van der Waals surface area (Å²) in [5.41, 5.74) is 0. The summed E-state index contributed by atoms with van der Waals surface area (Å²) in [4.78, 5) is 12.3. The molecule has 4 nitrogen and oxygen atoms in total. The summed E-state index contributed by atoms with van der Waals surface area (Å²) in [6, 6.07) is -0.536. The van der Waals surface area contributed by atoms with Crippen molar-refractivity contribution >= 4 is 5.91 Å². The van der Waals surface area contributed by atoms with Crippen LogP contribution in [0.5, 0.6) is 0 Å². The van der Waals surface area contributed by atoms with Gasteiger partial charge in [-0.05, 0) is 38.5 Å². The second-order valence-corrected chi connectivity index (χ2v) is 14.4. The quantitative estimate of drug-likeness (QED) is 0.0460. The molecule has 46 heavy (non-hydrogen) atoms. The molecule has 0 fully saturated rings. The van der Waals surface area contributed by atoms with Gasteiger partial charge in [-0.2, -0.15) is 0 Å². The Morgan fingerprint density at radius 1 is 0.500 bits per heavy atom. The molecule has 0 rings (SSSR count). The lowest BCUT2D eigenvalue weighted by molar-refractivity contribution is -0.123. The van der Waals surface area contributed by atoms with Gasteiger partial charge in [-0.1, -0.05) is 199 Å². The van der Waals surface area contributed by atoms with E-state index in [4.69, 9.17) is 0 Å². The first-order valence-electron chi connectivity index (χ1n) is 20.9. The van der Waals surface area contributed by atoms with Crippen molar-refractivity contribution < 1.29 is 15.0 Å². The summed E-state index contributed by atoms with van der Waals surface area (Å²) < 4.78 is 0. The van der Waals surface area contributed by atoms with E-state index in [0.717, 1.165) is 25.7 Å². The molecule has 274 valence electrons. The molecule has 0 saturated heterocycles. The zero-order valence-corrected chi connectivity index (χ0v) is 31.4. The van der Waals surface area contributed by atoms with Gasteiger partial charge in [-0.3, -0.25) is 4.79 Å². The Bertz CT molecular complexity index is 622. The van der Waals surface area contributed by atoms with Gasteiger partial charge in [0.1, 0.15) is 0 Å². The van der Waals surface area contributed by atoms with Crippen molar-refractivity contribution in [2.45, 2.75) is 244 Å². The van der Waals surface area contributed by atoms with E-state index in [0.29, 0.717) is 12.8 Å². The largest absolute Gasteiger partial charge is 0.394 e. The third-order valence-corrected chi connectivity index (χ3v) is 9.78. The Morgan fingerprint density at radius 3 is 1.22 bits per heavy atom. The first-order valence-corrected chi connectivity index (χ1v) is 20.9. The van der Waals surface area contributed by atoms with Crippen LogP contribution in [0.25, 0.3) is 0 Å². The monoisotopic (exact) mass is 650 g/mol. The third-order valence-electron chi connectivity index (χ3n) is 9.78. The SMILES string of the molecule is CCCCCC/C=C\CCCCCCCC(=O)NC(CO)C(O)CCCCCCCCCCCCCCCCCCCCCCC. The Kier molecular flexibility index (Phi) is 37.8. The molecule has 0 radical (unpaired) electrons. The molecule has 0 spiro atoms. The van der Waals surface area contributed by atoms with Crippen LogP contribution in [0.15, 0.2) is 12.2 Å². The molecule has 0 aromatic carbocycles. The van der Waals surface area contributed by atoms with Crippen molar-refractivity contribution in [1.29, 1.82) is 0 Å². The highest BCUT2D eigenvalue weighted by Crippen LogP contribution is 2.16. The van der Waals surface area contributed by atoms with Crippen LogP contribution in [0.3, 0.4) is 0 Å². The average molecular weight is 650 g/mol. The average Bonchev–Trinajstić information content (AvgIpc) is 3.06. The topological polar surface area (TPSA) is 69.6 Å². The minimum Gasteiger partial charge on any atom is -0.394 e. The number of carbonyl (C=O) groups excluding carboxylic acids is 1. The Morgan fingerprint density at radius 2 is 0.826 bits per heavy atom. The second-order valence-electron chi connectivity index (χ2n) is 14.4. The van der Waals surface area contributed by atoms with E-state index >= 15 is 0 Å². The van der Waals surface area contributed by atoms with E-state index in [1.165, 1.54) is 180 Å². The van der Waals surface area contributed by atoms with Gasteiger partial charge in [-0.15, -0.1) is 0 Å². The summed E-state index contributed by atoms with van der Waals surface area (Å²) in [6.07, 6.45) is 47.1. The van der Waals surface area contributed by atoms with Crippen LogP contribution >= 0.6 is 0 Å². The molecule has 2 atom stereocenters. The van der Waals surface area contributed by atoms with E-state index in [1.54, 1.807) is 0 Å². The molecule has 0 aromatic rings. The first kappa shape index (κ1) is 45.1. The van der Waals surface area contributed by atoms with E-state index in [-0.39, 0.29) is 12.5 Å². The van der Waals surface area contributed by atoms with Gasteiger partial charge in [0.25, 0.3) is 0 Å². The van der Waals surface area contributed by atoms with Gasteiger partial charge in [0.05, 0.1) is 18.8 Å². The molecule has 0 aromatic heterocycles. The predicted molar refractivity (Wildman–Crippen MR) is 202 cm³/mol. The molecule has 0 aliphatic carbocycles. The zero-order valence-electron chi connectivity index (χ0n) is 31.4. The van der Waals surface area contributed by atoms with Crippen LogP contribution in [0.2, 0.25) is 0 Å². The van der Waals surface area contributed by atoms with E-state index in [9.17, 15) is 15.0 Å². The summed E-state index contributed by atoms with van der Waals surface area (Å²) >= 11 is 0. The van der Waals surface area contributed by atoms with Gasteiger partial charge in [-0.25, -0.2) is 0 Å². The Hall–Kier alpha value is -0.870. The molecule has 4 heteroatoms. The fourth-order valence-electron chi connectivity index (χ4n) is 6.53. The molecular weight excluding hydrogens is 566 g/mol. The minimum atomic E-state index is -0.658. The highest BCUT2D eigenvalue weighted by Gasteiger charge is 2.19. The van der Waals surface area contributed by atoms with Crippen LogP contribution in [0.4, 0.5) is 0 Å². The molecule has 0 aliphatic rings. The number of nitrogens with one attached hydrogen (secondary N) is 1. The van der Waals surface area contributed by atoms with Crippen LogP contribution < -0.4 is 5.32 Å². The van der Waals surface area contributed by atoms with E-state index in [1.807, 2.05) is 0 Å². The normalized spacial score (nSPS) is 13.0. The molecule has 0 saturated carbocycles. The third kappa shape index (κ3) is 34.5. The van der Waals surface area contributed by atoms with Crippen LogP contribution in [0, 0.1) is 0 Å². The van der Waals surface area contributed by atoms with Crippen molar-refractivity contribution in [2.75, 3.05) is 6.61 Å². The Labute approximate surface area is 288 Å². The number of allylic oxidation sites excluding steroid dienone is 2. The lowest BCUT2D eigenvalue weighted by Gasteiger charge is -2.22. The maximum atomic E-state index is 12.3. The lowest BCUT2D eigenvalue weighted by Crippen LogP contribution is -2.45. The number of aliphatic hydroxyl groups excluding tert-OH is 2. The van der Waals surface area contributed by atoms with Crippen molar-refractivity contribution in [3.8, 4) is 0 Å². The molecule has 1 amide bonds. The maximum absolute atomic E-state index is 12.3. The second kappa shape index (κ2) is 38.6. The number of amides is 1. The van der Waals surface area contributed by atoms with E-state index < -0.39 is 12.1 Å². The van der Waals surface area contributed by atoms with Gasteiger partial charge >= 0.3 is 0 Å². The smallest absolute Gasteiger partial charge is 0.220 e. The van der Waals surface area contributed by atoms with Crippen LogP contribution in [-0.2, 0) is 4.79 Å². The standard InChI is InChI=1S/C42H83NO3/c1-3-5-7-9-11-13-15-17-18-19-20-21-22-23-24-26-27-29-31-33-35-37-41(45)40(39-44)43-42(46)38-36-34-32-30-28-25-16-14-12-10-8-6-4-2/h14,16,40-41,44-45H,3-13,15,17-39H2,1-2H3,(H,43,46)/b16-14-. The van der Waals surface area contributed by atoms with Crippen molar-refractivity contribution in [1.82, 2.24) is 5.32 Å². The van der Waals surface area contributed by atoms with Crippen molar-refractivity contribution in [3.63, 3.8) is 0 Å². The number of unbranched alkanes of at least 4 members (excludes halogenated alkanes) is 29. The van der Waals surface area contributed by atoms with Gasteiger partial charge < -0.3 is 15.5 Å². The highest BCUT2D eigenvalue weighted by molar-refractivity contribution is 5.76. The lowest BCUT2D eigenvalue weighted by atomic mass is 10.0. The van der Waals surface area contributed by atoms with Crippen LogP contribution in [-0.4, -0.2) is 34.9 Å². The van der Waals surface area contributed by atoms with Gasteiger partial charge in [0, 0.05) is 6.42 Å². The number of hydrogen-bond donors (Lipinski definition) is 3. The number of hydrogen-bond acceptors (Lipinski definition) is 3. The first-order chi connectivity index (χ1) is 22.7. The van der Waals surface area contributed by atoms with Crippen molar-refractivity contribution in [3.05, 3.63) is 12.2 Å². The molecule has 0 bridgehead atoms. The van der Waals surface area contributed by atoms with Crippen LogP contribution in [0.1, 0.15) is 232 Å². The maximum Gasteiger partial charge on any atom is 0.220 e. The van der Waals surface area contributed by atoms with Gasteiger partial charge in [0.15, 0.2) is 0 Å². The fourth-order valence-corrected chi connectivity index (χ4v) is 6.53. The predicted octanol–water partition coefficient (Wildman–Crippen LogP) is 12.7. The number of carbonyl (C=O) groups is 1. The van der Waals surface area contributed by atoms with Crippen molar-refractivity contribution in [2.24, 2.45) is 0 Å². The summed E-state index contributed by atoms with van der Waals surface area (Å²) in [6.45, 7) is 4.35. The van der Waals surface area contributed by atoms with Gasteiger partial charge in [0.2, 0.25) is 5.91 Å². The fraction of sp³-hybridized carbons (Fsp3) is 0.929. The molecular formula is C42H83NO3. The summed E-state index contributed by atoms with van der Waals surface area (Å²) in [7, 11) is 0. The molecule has 2 unspecified atom stereocenters. The minimum absolute atomic E-state index is 0.0390. The molecule has 3 N–H and O–H groups in total. The van der Waals surface area contributed by atoms with E-state index in [2.05, 4.69) is 31.3 Å². The zero-order chi connectivity index (χ0) is 33.6. The number of rotatable bonds is 38. The number of aliphatic hydroxyl groups is 2. The summed E-state index contributed by atoms with van der Waals surface area (Å²) in [5.74, 6) is -0.0390. The highest BCUT2D eigenvalue weighted by atomic mass is 16.3. The molecule has 0 aliphatic heterocycles. The Balaban J connectivity index is 3.49. The molecule has 0 heterocycles. The summed E-state index contributed by atoms with van der Waals surface area (Å²) in [5, 5.41) is 23.1.